The highest BCUT2D eigenvalue weighted by atomic mass is 15.7. The molecule has 0 amide bonds. The van der Waals surface area contributed by atoms with Crippen LogP contribution >= 0.6 is 0 Å². The van der Waals surface area contributed by atoms with Crippen LogP contribution in [0.3, 0.4) is 0 Å². The van der Waals surface area contributed by atoms with Gasteiger partial charge in [-0.15, -0.1) is 0 Å². The van der Waals surface area contributed by atoms with Gasteiger partial charge in [-0.1, -0.05) is 67.6 Å². The Kier molecular flexibility index (Phi) is 4.08. The molecule has 0 saturated carbocycles. The Morgan fingerprint density at radius 3 is 1.70 bits per heavy atom. The fraction of sp³-hybridized carbons (Fsp3) is 0.250. The third-order valence-electron chi connectivity index (χ3n) is 3.48. The van der Waals surface area contributed by atoms with Crippen LogP contribution in [0.5, 0.6) is 0 Å². The molecule has 2 atom stereocenters. The molecule has 1 heterocycles. The second-order valence-corrected chi connectivity index (χ2v) is 4.83. The van der Waals surface area contributed by atoms with E-state index >= 15 is 0 Å². The van der Waals surface area contributed by atoms with Gasteiger partial charge in [0.1, 0.15) is 12.3 Å². The minimum atomic E-state index is 0.112. The van der Waals surface area contributed by atoms with E-state index in [9.17, 15) is 0 Å². The summed E-state index contributed by atoms with van der Waals surface area (Å²) in [6, 6.07) is 20.9. The average Bonchev–Trinajstić information content (AvgIpc) is 2.93. The minimum Gasteiger partial charge on any atom is -0.252 e. The van der Waals surface area contributed by atoms with E-state index in [1.165, 1.54) is 11.1 Å². The number of benzene rings is 2. The average molecular weight is 268 g/mol. The lowest BCUT2D eigenvalue weighted by atomic mass is 10.1. The van der Waals surface area contributed by atoms with E-state index in [2.05, 4.69) is 76.7 Å². The Balaban J connectivity index is 1.87. The van der Waals surface area contributed by atoms with Crippen molar-refractivity contribution in [2.75, 3.05) is 6.54 Å². The van der Waals surface area contributed by atoms with Crippen LogP contribution in [0.4, 0.5) is 0 Å². The molecule has 4 nitrogen and oxygen atoms in total. The van der Waals surface area contributed by atoms with Crippen LogP contribution in [-0.2, 0) is 0 Å². The van der Waals surface area contributed by atoms with Gasteiger partial charge in [-0.2, -0.15) is 5.01 Å². The SMILES string of the molecule is CCNN1C(c2ccccc2)NNC1c1ccccc1. The van der Waals surface area contributed by atoms with E-state index in [0.717, 1.165) is 6.54 Å². The molecule has 4 heteroatoms. The standard InChI is InChI=1S/C16H20N4/c1-2-17-20-15(13-9-5-3-6-10-13)18-19-16(20)14-11-7-4-8-12-14/h3-12,15-19H,2H2,1H3. The summed E-state index contributed by atoms with van der Waals surface area (Å²) in [4.78, 5) is 0. The Morgan fingerprint density at radius 1 is 0.850 bits per heavy atom. The molecule has 0 radical (unpaired) electrons. The highest BCUT2D eigenvalue weighted by molar-refractivity contribution is 5.23. The molecule has 0 spiro atoms. The summed E-state index contributed by atoms with van der Waals surface area (Å²) in [6.45, 7) is 3.00. The van der Waals surface area contributed by atoms with Crippen LogP contribution in [0.1, 0.15) is 30.4 Å². The minimum absolute atomic E-state index is 0.112. The molecule has 0 aliphatic carbocycles. The normalized spacial score (nSPS) is 23.1. The molecule has 2 unspecified atom stereocenters. The molecule has 1 fully saturated rings. The van der Waals surface area contributed by atoms with Gasteiger partial charge < -0.3 is 0 Å². The lowest BCUT2D eigenvalue weighted by Crippen LogP contribution is -2.41. The molecule has 0 bridgehead atoms. The Labute approximate surface area is 119 Å². The van der Waals surface area contributed by atoms with Crippen molar-refractivity contribution >= 4 is 0 Å². The summed E-state index contributed by atoms with van der Waals surface area (Å²) in [7, 11) is 0. The van der Waals surface area contributed by atoms with Crippen molar-refractivity contribution in [2.45, 2.75) is 19.3 Å². The third kappa shape index (κ3) is 2.59. The third-order valence-corrected chi connectivity index (χ3v) is 3.48. The first kappa shape index (κ1) is 13.3. The first-order chi connectivity index (χ1) is 9.90. The maximum Gasteiger partial charge on any atom is 0.114 e. The molecule has 1 aliphatic rings. The van der Waals surface area contributed by atoms with Gasteiger partial charge in [-0.05, 0) is 11.1 Å². The molecule has 20 heavy (non-hydrogen) atoms. The van der Waals surface area contributed by atoms with E-state index in [1.54, 1.807) is 0 Å². The number of hydrogen-bond donors (Lipinski definition) is 3. The summed E-state index contributed by atoms with van der Waals surface area (Å²) in [5.41, 5.74) is 12.7. The second kappa shape index (κ2) is 6.15. The molecule has 3 N–H and O–H groups in total. The quantitative estimate of drug-likeness (QED) is 0.796. The van der Waals surface area contributed by atoms with Gasteiger partial charge in [-0.3, -0.25) is 5.43 Å². The first-order valence-corrected chi connectivity index (χ1v) is 7.03. The summed E-state index contributed by atoms with van der Waals surface area (Å²) in [6.07, 6.45) is 0.225. The van der Waals surface area contributed by atoms with Gasteiger partial charge in [0.15, 0.2) is 0 Å². The van der Waals surface area contributed by atoms with Crippen molar-refractivity contribution in [3.8, 4) is 0 Å². The Bertz CT molecular complexity index is 481. The van der Waals surface area contributed by atoms with Crippen LogP contribution in [-0.4, -0.2) is 11.6 Å². The molecular formula is C16H20N4. The lowest BCUT2D eigenvalue weighted by Gasteiger charge is -2.28. The lowest BCUT2D eigenvalue weighted by molar-refractivity contribution is 0.112. The van der Waals surface area contributed by atoms with Crippen molar-refractivity contribution in [2.24, 2.45) is 0 Å². The van der Waals surface area contributed by atoms with E-state index in [1.807, 2.05) is 12.1 Å². The molecule has 104 valence electrons. The van der Waals surface area contributed by atoms with Crippen LogP contribution in [0, 0.1) is 0 Å². The number of rotatable bonds is 4. The van der Waals surface area contributed by atoms with Gasteiger partial charge in [-0.25, -0.2) is 10.9 Å². The Hall–Kier alpha value is -1.72. The van der Waals surface area contributed by atoms with Crippen molar-refractivity contribution in [3.63, 3.8) is 0 Å². The summed E-state index contributed by atoms with van der Waals surface area (Å²) in [5, 5.41) is 2.23. The molecule has 1 aliphatic heterocycles. The van der Waals surface area contributed by atoms with E-state index in [-0.39, 0.29) is 12.3 Å². The van der Waals surface area contributed by atoms with Crippen LogP contribution in [0.15, 0.2) is 60.7 Å². The van der Waals surface area contributed by atoms with Crippen molar-refractivity contribution < 1.29 is 0 Å². The molecular weight excluding hydrogens is 248 g/mol. The number of hydrogen-bond acceptors (Lipinski definition) is 4. The van der Waals surface area contributed by atoms with E-state index in [4.69, 9.17) is 0 Å². The fourth-order valence-electron chi connectivity index (χ4n) is 2.57. The molecule has 3 rings (SSSR count). The van der Waals surface area contributed by atoms with Gasteiger partial charge in [0.25, 0.3) is 0 Å². The number of hydrazine groups is 2. The van der Waals surface area contributed by atoms with Crippen LogP contribution in [0.2, 0.25) is 0 Å². The van der Waals surface area contributed by atoms with Crippen LogP contribution in [0.25, 0.3) is 0 Å². The van der Waals surface area contributed by atoms with Gasteiger partial charge in [0.2, 0.25) is 0 Å². The van der Waals surface area contributed by atoms with Gasteiger partial charge >= 0.3 is 0 Å². The molecule has 1 saturated heterocycles. The largest absolute Gasteiger partial charge is 0.252 e. The highest BCUT2D eigenvalue weighted by Crippen LogP contribution is 2.29. The van der Waals surface area contributed by atoms with E-state index < -0.39 is 0 Å². The van der Waals surface area contributed by atoms with Gasteiger partial charge in [0.05, 0.1) is 0 Å². The summed E-state index contributed by atoms with van der Waals surface area (Å²) in [5.74, 6) is 0. The van der Waals surface area contributed by atoms with E-state index in [0.29, 0.717) is 0 Å². The molecule has 0 aromatic heterocycles. The van der Waals surface area contributed by atoms with Crippen molar-refractivity contribution in [1.29, 1.82) is 0 Å². The summed E-state index contributed by atoms with van der Waals surface area (Å²) >= 11 is 0. The van der Waals surface area contributed by atoms with Gasteiger partial charge in [0, 0.05) is 6.54 Å². The maximum absolute atomic E-state index is 3.45. The zero-order chi connectivity index (χ0) is 13.8. The predicted octanol–water partition coefficient (Wildman–Crippen LogP) is 2.32. The van der Waals surface area contributed by atoms with Crippen LogP contribution < -0.4 is 16.3 Å². The molecule has 2 aromatic rings. The zero-order valence-corrected chi connectivity index (χ0v) is 11.6. The maximum atomic E-state index is 3.45. The van der Waals surface area contributed by atoms with Crippen molar-refractivity contribution in [3.05, 3.63) is 71.8 Å². The predicted molar refractivity (Wildman–Crippen MR) is 80.2 cm³/mol. The summed E-state index contributed by atoms with van der Waals surface area (Å²) < 4.78 is 0. The van der Waals surface area contributed by atoms with Crippen molar-refractivity contribution in [1.82, 2.24) is 21.3 Å². The first-order valence-electron chi connectivity index (χ1n) is 7.03. The highest BCUT2D eigenvalue weighted by Gasteiger charge is 2.34. The second-order valence-electron chi connectivity index (χ2n) is 4.83. The molecule has 2 aromatic carbocycles. The fourth-order valence-corrected chi connectivity index (χ4v) is 2.57. The number of nitrogens with one attached hydrogen (secondary N) is 3. The smallest absolute Gasteiger partial charge is 0.114 e. The Morgan fingerprint density at radius 2 is 1.30 bits per heavy atom. The zero-order valence-electron chi connectivity index (χ0n) is 11.6. The topological polar surface area (TPSA) is 39.3 Å². The number of nitrogens with zero attached hydrogens (tertiary/aromatic N) is 1. The monoisotopic (exact) mass is 268 g/mol.